The number of anilines is 2. The zero-order valence-electron chi connectivity index (χ0n) is 11.1. The van der Waals surface area contributed by atoms with Gasteiger partial charge in [-0.05, 0) is 12.1 Å². The minimum atomic E-state index is -1.10. The number of aromatic nitrogens is 1. The van der Waals surface area contributed by atoms with E-state index in [4.69, 9.17) is 9.84 Å². The van der Waals surface area contributed by atoms with E-state index in [1.54, 1.807) is 24.3 Å². The molecule has 0 aliphatic rings. The maximum atomic E-state index is 11.8. The van der Waals surface area contributed by atoms with Crippen LogP contribution in [0.4, 0.5) is 15.6 Å². The number of carboxylic acids is 1. The van der Waals surface area contributed by atoms with E-state index in [9.17, 15) is 9.59 Å². The van der Waals surface area contributed by atoms with Crippen LogP contribution in [-0.4, -0.2) is 29.2 Å². The molecule has 7 nitrogen and oxygen atoms in total. The van der Waals surface area contributed by atoms with Gasteiger partial charge < -0.3 is 15.2 Å². The summed E-state index contributed by atoms with van der Waals surface area (Å²) < 4.78 is 4.89. The predicted molar refractivity (Wildman–Crippen MR) is 78.9 cm³/mol. The SMILES string of the molecule is COCc1nc(NC(=O)Nc2ccccc2)sc1C(=O)O. The van der Waals surface area contributed by atoms with Gasteiger partial charge >= 0.3 is 12.0 Å². The van der Waals surface area contributed by atoms with Gasteiger partial charge in [-0.2, -0.15) is 0 Å². The van der Waals surface area contributed by atoms with Crippen LogP contribution in [0, 0.1) is 0 Å². The molecule has 2 aromatic rings. The first kappa shape index (κ1) is 14.9. The monoisotopic (exact) mass is 307 g/mol. The largest absolute Gasteiger partial charge is 0.477 e. The number of hydrogen-bond acceptors (Lipinski definition) is 5. The molecule has 1 heterocycles. The Hall–Kier alpha value is -2.45. The van der Waals surface area contributed by atoms with Gasteiger partial charge in [0.1, 0.15) is 4.88 Å². The highest BCUT2D eigenvalue weighted by Gasteiger charge is 2.18. The number of rotatable bonds is 5. The minimum Gasteiger partial charge on any atom is -0.477 e. The van der Waals surface area contributed by atoms with Crippen LogP contribution < -0.4 is 10.6 Å². The summed E-state index contributed by atoms with van der Waals surface area (Å²) in [4.78, 5) is 27.0. The lowest BCUT2D eigenvalue weighted by Gasteiger charge is -2.04. The summed E-state index contributed by atoms with van der Waals surface area (Å²) in [6.45, 7) is 0.0696. The van der Waals surface area contributed by atoms with Gasteiger partial charge in [0.15, 0.2) is 5.13 Å². The second-order valence-corrected chi connectivity index (χ2v) is 4.98. The van der Waals surface area contributed by atoms with Crippen molar-refractivity contribution in [1.82, 2.24) is 4.98 Å². The third-order valence-electron chi connectivity index (χ3n) is 2.42. The molecule has 0 spiro atoms. The molecule has 0 aliphatic heterocycles. The Balaban J connectivity index is 2.07. The Morgan fingerprint density at radius 3 is 2.62 bits per heavy atom. The molecule has 2 rings (SSSR count). The zero-order chi connectivity index (χ0) is 15.2. The molecule has 3 N–H and O–H groups in total. The molecule has 1 aromatic heterocycles. The second-order valence-electron chi connectivity index (χ2n) is 3.98. The Morgan fingerprint density at radius 1 is 1.29 bits per heavy atom. The van der Waals surface area contributed by atoms with Crippen LogP contribution in [-0.2, 0) is 11.3 Å². The van der Waals surface area contributed by atoms with Crippen LogP contribution in [0.1, 0.15) is 15.4 Å². The number of para-hydroxylation sites is 1. The number of urea groups is 1. The molecular formula is C13H13N3O4S. The normalized spacial score (nSPS) is 10.1. The van der Waals surface area contributed by atoms with Crippen molar-refractivity contribution in [3.8, 4) is 0 Å². The highest BCUT2D eigenvalue weighted by molar-refractivity contribution is 7.17. The van der Waals surface area contributed by atoms with Crippen molar-refractivity contribution in [2.75, 3.05) is 17.7 Å². The Morgan fingerprint density at radius 2 is 2.00 bits per heavy atom. The molecule has 1 aromatic carbocycles. The van der Waals surface area contributed by atoms with Crippen molar-refractivity contribution in [1.29, 1.82) is 0 Å². The molecular weight excluding hydrogens is 294 g/mol. The number of ether oxygens (including phenoxy) is 1. The van der Waals surface area contributed by atoms with Crippen LogP contribution in [0.2, 0.25) is 0 Å². The van der Waals surface area contributed by atoms with Gasteiger partial charge in [-0.15, -0.1) is 0 Å². The molecule has 0 radical (unpaired) electrons. The topological polar surface area (TPSA) is 101 Å². The van der Waals surface area contributed by atoms with Gasteiger partial charge in [0.25, 0.3) is 0 Å². The maximum absolute atomic E-state index is 11.8. The lowest BCUT2D eigenvalue weighted by molar-refractivity contribution is 0.0697. The van der Waals surface area contributed by atoms with E-state index in [1.807, 2.05) is 6.07 Å². The van der Waals surface area contributed by atoms with Crippen LogP contribution in [0.25, 0.3) is 0 Å². The van der Waals surface area contributed by atoms with E-state index < -0.39 is 12.0 Å². The van der Waals surface area contributed by atoms with Crippen LogP contribution in [0.3, 0.4) is 0 Å². The first-order chi connectivity index (χ1) is 10.1. The molecule has 8 heteroatoms. The lowest BCUT2D eigenvalue weighted by atomic mass is 10.3. The van der Waals surface area contributed by atoms with E-state index in [0.717, 1.165) is 11.3 Å². The van der Waals surface area contributed by atoms with E-state index in [-0.39, 0.29) is 22.3 Å². The number of thiazole rings is 1. The fourth-order valence-corrected chi connectivity index (χ4v) is 2.39. The third-order valence-corrected chi connectivity index (χ3v) is 3.43. The number of aromatic carboxylic acids is 1. The van der Waals surface area contributed by atoms with Gasteiger partial charge in [0, 0.05) is 12.8 Å². The lowest BCUT2D eigenvalue weighted by Crippen LogP contribution is -2.19. The second kappa shape index (κ2) is 6.82. The highest BCUT2D eigenvalue weighted by atomic mass is 32.1. The Bertz CT molecular complexity index is 642. The first-order valence-electron chi connectivity index (χ1n) is 5.95. The molecule has 0 atom stereocenters. The predicted octanol–water partition coefficient (Wildman–Crippen LogP) is 2.63. The Labute approximate surface area is 124 Å². The average molecular weight is 307 g/mol. The molecule has 0 aliphatic carbocycles. The molecule has 2 amide bonds. The zero-order valence-corrected chi connectivity index (χ0v) is 11.9. The van der Waals surface area contributed by atoms with Crippen LogP contribution in [0.15, 0.2) is 30.3 Å². The summed E-state index contributed by atoms with van der Waals surface area (Å²) in [5, 5.41) is 14.4. The number of benzene rings is 1. The van der Waals surface area contributed by atoms with Gasteiger partial charge in [-0.3, -0.25) is 5.32 Å². The number of carbonyl (C=O) groups excluding carboxylic acids is 1. The molecule has 0 unspecified atom stereocenters. The summed E-state index contributed by atoms with van der Waals surface area (Å²) in [6, 6.07) is 8.40. The fourth-order valence-electron chi connectivity index (χ4n) is 1.59. The smallest absolute Gasteiger partial charge is 0.347 e. The molecule has 0 saturated carbocycles. The van der Waals surface area contributed by atoms with Gasteiger partial charge in [0.2, 0.25) is 0 Å². The molecule has 21 heavy (non-hydrogen) atoms. The van der Waals surface area contributed by atoms with Crippen molar-refractivity contribution in [2.45, 2.75) is 6.61 Å². The van der Waals surface area contributed by atoms with Crippen molar-refractivity contribution in [3.05, 3.63) is 40.9 Å². The summed E-state index contributed by atoms with van der Waals surface area (Å²) in [6.07, 6.45) is 0. The first-order valence-corrected chi connectivity index (χ1v) is 6.76. The highest BCUT2D eigenvalue weighted by Crippen LogP contribution is 2.24. The minimum absolute atomic E-state index is 0.0480. The van der Waals surface area contributed by atoms with E-state index in [0.29, 0.717) is 5.69 Å². The molecule has 0 saturated heterocycles. The summed E-state index contributed by atoms with van der Waals surface area (Å²) >= 11 is 0.884. The number of methoxy groups -OCH3 is 1. The number of carboxylic acid groups (broad SMARTS) is 1. The van der Waals surface area contributed by atoms with Gasteiger partial charge in [0.05, 0.1) is 12.3 Å². The number of nitrogens with zero attached hydrogens (tertiary/aromatic N) is 1. The quantitative estimate of drug-likeness (QED) is 0.788. The molecule has 0 fully saturated rings. The van der Waals surface area contributed by atoms with E-state index in [1.165, 1.54) is 7.11 Å². The number of carbonyl (C=O) groups is 2. The van der Waals surface area contributed by atoms with Crippen molar-refractivity contribution in [2.24, 2.45) is 0 Å². The third kappa shape index (κ3) is 4.01. The van der Waals surface area contributed by atoms with Crippen molar-refractivity contribution >= 4 is 34.2 Å². The van der Waals surface area contributed by atoms with Gasteiger partial charge in [-0.25, -0.2) is 14.6 Å². The summed E-state index contributed by atoms with van der Waals surface area (Å²) in [7, 11) is 1.44. The summed E-state index contributed by atoms with van der Waals surface area (Å²) in [5.74, 6) is -1.10. The van der Waals surface area contributed by atoms with Gasteiger partial charge in [-0.1, -0.05) is 29.5 Å². The Kier molecular flexibility index (Phi) is 4.85. The molecule has 0 bridgehead atoms. The molecule has 110 valence electrons. The number of amides is 2. The standard InChI is InChI=1S/C13H13N3O4S/c1-20-7-9-10(11(17)18)21-13(15-9)16-12(19)14-8-5-3-2-4-6-8/h2-6H,7H2,1H3,(H,17,18)(H2,14,15,16,19). The van der Waals surface area contributed by atoms with E-state index >= 15 is 0 Å². The summed E-state index contributed by atoms with van der Waals surface area (Å²) in [5.41, 5.74) is 0.909. The van der Waals surface area contributed by atoms with Crippen LogP contribution in [0.5, 0.6) is 0 Å². The van der Waals surface area contributed by atoms with Crippen LogP contribution >= 0.6 is 11.3 Å². The van der Waals surface area contributed by atoms with Crippen molar-refractivity contribution in [3.63, 3.8) is 0 Å². The van der Waals surface area contributed by atoms with Crippen molar-refractivity contribution < 1.29 is 19.4 Å². The number of nitrogens with one attached hydrogen (secondary N) is 2. The van der Waals surface area contributed by atoms with E-state index in [2.05, 4.69) is 15.6 Å². The average Bonchev–Trinajstić information content (AvgIpc) is 2.83. The number of hydrogen-bond donors (Lipinski definition) is 3. The fraction of sp³-hybridized carbons (Fsp3) is 0.154. The maximum Gasteiger partial charge on any atom is 0.347 e.